The first kappa shape index (κ1) is 17.7. The molecule has 0 unspecified atom stereocenters. The fraction of sp³-hybridized carbons (Fsp3) is 0.333. The molecule has 4 aromatic rings. The summed E-state index contributed by atoms with van der Waals surface area (Å²) in [6, 6.07) is 10.1. The van der Waals surface area contributed by atoms with Crippen molar-refractivity contribution >= 4 is 16.9 Å². The van der Waals surface area contributed by atoms with E-state index in [0.717, 1.165) is 40.5 Å². The highest BCUT2D eigenvalue weighted by atomic mass is 16.2. The van der Waals surface area contributed by atoms with Gasteiger partial charge in [-0.1, -0.05) is 19.1 Å². The van der Waals surface area contributed by atoms with Crippen molar-refractivity contribution in [3.05, 3.63) is 54.2 Å². The highest BCUT2D eigenvalue weighted by Crippen LogP contribution is 2.25. The minimum Gasteiger partial charge on any atom is -0.333 e. The standard InChI is InChI=1S/C21H23N7O/c1-3-19-22-8-9-26(19)14-20(29)27-10-11-28-15(13-27)12-17(24-28)21-23-16-6-4-5-7-18(16)25(21)2/h4-9,12H,3,10-11,13-14H2,1-2H3. The molecule has 29 heavy (non-hydrogen) atoms. The minimum atomic E-state index is 0.106. The van der Waals surface area contributed by atoms with Crippen molar-refractivity contribution in [3.63, 3.8) is 0 Å². The van der Waals surface area contributed by atoms with Crippen LogP contribution < -0.4 is 0 Å². The fourth-order valence-corrected chi connectivity index (χ4v) is 4.01. The van der Waals surface area contributed by atoms with Gasteiger partial charge in [0.1, 0.15) is 18.1 Å². The van der Waals surface area contributed by atoms with E-state index in [1.54, 1.807) is 6.20 Å². The summed E-state index contributed by atoms with van der Waals surface area (Å²) in [7, 11) is 2.01. The maximum atomic E-state index is 12.8. The average Bonchev–Trinajstić information content (AvgIpc) is 3.44. The predicted molar refractivity (Wildman–Crippen MR) is 109 cm³/mol. The zero-order valence-corrected chi connectivity index (χ0v) is 16.6. The quantitative estimate of drug-likeness (QED) is 0.537. The van der Waals surface area contributed by atoms with Crippen LogP contribution in [0.15, 0.2) is 42.7 Å². The Morgan fingerprint density at radius 3 is 2.90 bits per heavy atom. The van der Waals surface area contributed by atoms with Crippen molar-refractivity contribution < 1.29 is 4.79 Å². The van der Waals surface area contributed by atoms with E-state index in [1.165, 1.54) is 0 Å². The molecule has 0 bridgehead atoms. The van der Waals surface area contributed by atoms with Gasteiger partial charge in [0.25, 0.3) is 0 Å². The minimum absolute atomic E-state index is 0.106. The molecule has 8 heteroatoms. The van der Waals surface area contributed by atoms with Crippen LogP contribution in [0.1, 0.15) is 18.4 Å². The highest BCUT2D eigenvalue weighted by Gasteiger charge is 2.24. The van der Waals surface area contributed by atoms with Gasteiger partial charge in [-0.3, -0.25) is 9.48 Å². The summed E-state index contributed by atoms with van der Waals surface area (Å²) in [5.41, 5.74) is 3.92. The summed E-state index contributed by atoms with van der Waals surface area (Å²) >= 11 is 0. The number of aryl methyl sites for hydroxylation is 2. The lowest BCUT2D eigenvalue weighted by atomic mass is 10.2. The van der Waals surface area contributed by atoms with Gasteiger partial charge in [-0.2, -0.15) is 5.10 Å². The highest BCUT2D eigenvalue weighted by molar-refractivity contribution is 5.80. The molecule has 4 heterocycles. The average molecular weight is 389 g/mol. The molecule has 1 aromatic carbocycles. The Labute approximate surface area is 168 Å². The first-order valence-electron chi connectivity index (χ1n) is 9.90. The largest absolute Gasteiger partial charge is 0.333 e. The lowest BCUT2D eigenvalue weighted by molar-refractivity contribution is -0.133. The summed E-state index contributed by atoms with van der Waals surface area (Å²) in [6.07, 6.45) is 4.43. The van der Waals surface area contributed by atoms with Crippen LogP contribution in [0.5, 0.6) is 0 Å². The molecule has 0 atom stereocenters. The molecule has 0 fully saturated rings. The summed E-state index contributed by atoms with van der Waals surface area (Å²) in [4.78, 5) is 23.8. The molecule has 0 saturated heterocycles. The first-order valence-corrected chi connectivity index (χ1v) is 9.90. The smallest absolute Gasteiger partial charge is 0.242 e. The Kier molecular flexibility index (Phi) is 4.19. The van der Waals surface area contributed by atoms with E-state index in [-0.39, 0.29) is 5.91 Å². The van der Waals surface area contributed by atoms with Crippen molar-refractivity contribution in [1.29, 1.82) is 0 Å². The molecule has 3 aromatic heterocycles. The third-order valence-electron chi connectivity index (χ3n) is 5.59. The van der Waals surface area contributed by atoms with Gasteiger partial charge in [0.05, 0.1) is 29.8 Å². The Hall–Kier alpha value is -3.42. The summed E-state index contributed by atoms with van der Waals surface area (Å²) in [5.74, 6) is 1.89. The second-order valence-electron chi connectivity index (χ2n) is 7.37. The van der Waals surface area contributed by atoms with Gasteiger partial charge in [0.2, 0.25) is 5.91 Å². The molecular weight excluding hydrogens is 366 g/mol. The van der Waals surface area contributed by atoms with E-state index in [0.29, 0.717) is 26.2 Å². The number of rotatable bonds is 4. The van der Waals surface area contributed by atoms with Crippen LogP contribution >= 0.6 is 0 Å². The molecule has 0 saturated carbocycles. The predicted octanol–water partition coefficient (Wildman–Crippen LogP) is 2.24. The van der Waals surface area contributed by atoms with Crippen molar-refractivity contribution in [3.8, 4) is 11.5 Å². The lowest BCUT2D eigenvalue weighted by Crippen LogP contribution is -2.40. The van der Waals surface area contributed by atoms with E-state index in [4.69, 9.17) is 10.1 Å². The zero-order valence-electron chi connectivity index (χ0n) is 16.6. The van der Waals surface area contributed by atoms with E-state index < -0.39 is 0 Å². The molecule has 0 spiro atoms. The zero-order chi connectivity index (χ0) is 20.0. The Balaban J connectivity index is 1.38. The Morgan fingerprint density at radius 1 is 1.21 bits per heavy atom. The second kappa shape index (κ2) is 6.88. The van der Waals surface area contributed by atoms with Gasteiger partial charge < -0.3 is 14.0 Å². The molecule has 0 aliphatic carbocycles. The van der Waals surface area contributed by atoms with E-state index in [2.05, 4.69) is 21.7 Å². The van der Waals surface area contributed by atoms with E-state index in [9.17, 15) is 4.79 Å². The SMILES string of the molecule is CCc1nccn1CC(=O)N1CCn2nc(-c3nc4ccccc4n3C)cc2C1. The molecular formula is C21H23N7O. The third kappa shape index (κ3) is 3.00. The van der Waals surface area contributed by atoms with Crippen LogP contribution in [-0.2, 0) is 37.9 Å². The number of para-hydroxylation sites is 2. The molecule has 1 aliphatic heterocycles. The fourth-order valence-electron chi connectivity index (χ4n) is 4.01. The van der Waals surface area contributed by atoms with Crippen molar-refractivity contribution in [2.75, 3.05) is 6.54 Å². The number of hydrogen-bond donors (Lipinski definition) is 0. The van der Waals surface area contributed by atoms with Crippen molar-refractivity contribution in [2.45, 2.75) is 33.0 Å². The van der Waals surface area contributed by atoms with Crippen LogP contribution in [0.4, 0.5) is 0 Å². The number of hydrogen-bond acceptors (Lipinski definition) is 4. The van der Waals surface area contributed by atoms with Gasteiger partial charge in [-0.15, -0.1) is 0 Å². The second-order valence-corrected chi connectivity index (χ2v) is 7.37. The van der Waals surface area contributed by atoms with Gasteiger partial charge in [0.15, 0.2) is 5.82 Å². The van der Waals surface area contributed by atoms with Gasteiger partial charge >= 0.3 is 0 Å². The van der Waals surface area contributed by atoms with Gasteiger partial charge in [0, 0.05) is 32.4 Å². The van der Waals surface area contributed by atoms with Crippen LogP contribution in [0.3, 0.4) is 0 Å². The van der Waals surface area contributed by atoms with E-state index >= 15 is 0 Å². The maximum Gasteiger partial charge on any atom is 0.242 e. The van der Waals surface area contributed by atoms with Crippen LogP contribution in [0.2, 0.25) is 0 Å². The number of carbonyl (C=O) groups excluding carboxylic acids is 1. The Morgan fingerprint density at radius 2 is 2.07 bits per heavy atom. The third-order valence-corrected chi connectivity index (χ3v) is 5.59. The summed E-state index contributed by atoms with van der Waals surface area (Å²) in [5, 5.41) is 4.75. The first-order chi connectivity index (χ1) is 14.1. The Bertz CT molecular complexity index is 1200. The molecule has 5 rings (SSSR count). The molecule has 0 radical (unpaired) electrons. The number of nitrogens with zero attached hydrogens (tertiary/aromatic N) is 7. The van der Waals surface area contributed by atoms with Gasteiger partial charge in [-0.25, -0.2) is 9.97 Å². The van der Waals surface area contributed by atoms with Gasteiger partial charge in [-0.05, 0) is 18.2 Å². The number of fused-ring (bicyclic) bond motifs is 2. The number of benzene rings is 1. The van der Waals surface area contributed by atoms with Crippen LogP contribution in [0, 0.1) is 0 Å². The van der Waals surface area contributed by atoms with E-state index in [1.807, 2.05) is 52.5 Å². The normalized spacial score (nSPS) is 13.8. The van der Waals surface area contributed by atoms with Crippen LogP contribution in [0.25, 0.3) is 22.6 Å². The summed E-state index contributed by atoms with van der Waals surface area (Å²) < 4.78 is 5.99. The van der Waals surface area contributed by atoms with Crippen LogP contribution in [-0.4, -0.2) is 46.2 Å². The number of carbonyl (C=O) groups is 1. The molecule has 1 amide bonds. The number of imidazole rings is 2. The number of amides is 1. The molecule has 1 aliphatic rings. The van der Waals surface area contributed by atoms with Crippen molar-refractivity contribution in [2.24, 2.45) is 7.05 Å². The summed E-state index contributed by atoms with van der Waals surface area (Å²) in [6.45, 7) is 4.29. The topological polar surface area (TPSA) is 73.8 Å². The molecule has 8 nitrogen and oxygen atoms in total. The monoisotopic (exact) mass is 389 g/mol. The molecule has 148 valence electrons. The lowest BCUT2D eigenvalue weighted by Gasteiger charge is -2.28. The molecule has 0 N–H and O–H groups in total. The number of aromatic nitrogens is 6. The van der Waals surface area contributed by atoms with Crippen molar-refractivity contribution in [1.82, 2.24) is 33.8 Å². The maximum absolute atomic E-state index is 12.8.